The summed E-state index contributed by atoms with van der Waals surface area (Å²) in [6, 6.07) is 20.6. The lowest BCUT2D eigenvalue weighted by Crippen LogP contribution is -2.46. The van der Waals surface area contributed by atoms with Crippen molar-refractivity contribution < 1.29 is 9.32 Å². The summed E-state index contributed by atoms with van der Waals surface area (Å²) in [5, 5.41) is 18.7. The van der Waals surface area contributed by atoms with Crippen LogP contribution in [-0.2, 0) is 16.6 Å². The number of Topliss-reactive ketones (excluding diaryl/α,β-unsaturated/α-hetero) is 1. The van der Waals surface area contributed by atoms with Crippen LogP contribution in [0, 0.1) is 30.1 Å². The first-order chi connectivity index (χ1) is 17.4. The molecule has 2 aromatic carbocycles. The minimum absolute atomic E-state index is 0.0610. The molecule has 2 aromatic heterocycles. The molecule has 0 amide bonds. The smallest absolute Gasteiger partial charge is 0.278 e. The van der Waals surface area contributed by atoms with Gasteiger partial charge >= 0.3 is 0 Å². The van der Waals surface area contributed by atoms with Crippen molar-refractivity contribution in [2.24, 2.45) is 11.8 Å². The molecule has 0 fully saturated rings. The van der Waals surface area contributed by atoms with Gasteiger partial charge in [-0.05, 0) is 48.9 Å². The van der Waals surface area contributed by atoms with E-state index in [2.05, 4.69) is 59.5 Å². The molecular weight excluding hydrogens is 450 g/mol. The molecule has 2 aliphatic carbocycles. The summed E-state index contributed by atoms with van der Waals surface area (Å²) in [5.41, 5.74) is 5.48. The fourth-order valence-electron chi connectivity index (χ4n) is 6.02. The Kier molecular flexibility index (Phi) is 5.01. The van der Waals surface area contributed by atoms with E-state index in [0.717, 1.165) is 40.9 Å². The number of allylic oxidation sites excluding steroid dienone is 2. The molecule has 7 nitrogen and oxygen atoms in total. The third-order valence-electron chi connectivity index (χ3n) is 7.77. The fourth-order valence-corrected chi connectivity index (χ4v) is 6.02. The number of carbonyl (C=O) groups excluding carboxylic acids is 1. The number of ketones is 1. The van der Waals surface area contributed by atoms with Crippen LogP contribution in [0.25, 0.3) is 28.4 Å². The third-order valence-corrected chi connectivity index (χ3v) is 7.77. The molecule has 6 rings (SSSR count). The molecule has 0 saturated heterocycles. The minimum atomic E-state index is -0.551. The Morgan fingerprint density at radius 3 is 2.50 bits per heavy atom. The maximum atomic E-state index is 12.9. The van der Waals surface area contributed by atoms with Crippen molar-refractivity contribution in [2.45, 2.75) is 39.0 Å². The van der Waals surface area contributed by atoms with Crippen molar-refractivity contribution >= 4 is 5.78 Å². The topological polar surface area (TPSA) is 97.6 Å². The zero-order chi connectivity index (χ0) is 25.0. The van der Waals surface area contributed by atoms with E-state index >= 15 is 0 Å². The molecule has 0 spiro atoms. The van der Waals surface area contributed by atoms with E-state index in [1.165, 1.54) is 0 Å². The molecule has 0 radical (unpaired) electrons. The number of rotatable bonds is 3. The van der Waals surface area contributed by atoms with Gasteiger partial charge < -0.3 is 4.52 Å². The largest absolute Gasteiger partial charge is 0.332 e. The summed E-state index contributed by atoms with van der Waals surface area (Å²) < 4.78 is 7.48. The Bertz CT molecular complexity index is 1560. The highest BCUT2D eigenvalue weighted by Gasteiger charge is 2.51. The van der Waals surface area contributed by atoms with Crippen LogP contribution in [0.1, 0.15) is 37.4 Å². The van der Waals surface area contributed by atoms with Crippen LogP contribution < -0.4 is 0 Å². The summed E-state index contributed by atoms with van der Waals surface area (Å²) in [5.74, 6) is 0.667. The molecule has 2 aliphatic rings. The van der Waals surface area contributed by atoms with Gasteiger partial charge in [0.05, 0.1) is 17.0 Å². The number of aryl methyl sites for hydroxylation is 1. The van der Waals surface area contributed by atoms with Gasteiger partial charge in [-0.2, -0.15) is 15.3 Å². The number of nitrogens with zero attached hydrogens (tertiary/aromatic N) is 5. The predicted octanol–water partition coefficient (Wildman–Crippen LogP) is 5.39. The maximum Gasteiger partial charge on any atom is 0.278 e. The lowest BCUT2D eigenvalue weighted by atomic mass is 9.58. The molecule has 7 heteroatoms. The van der Waals surface area contributed by atoms with E-state index < -0.39 is 5.41 Å². The van der Waals surface area contributed by atoms with Crippen molar-refractivity contribution in [3.05, 3.63) is 83.3 Å². The Balaban J connectivity index is 1.57. The van der Waals surface area contributed by atoms with Crippen molar-refractivity contribution in [2.75, 3.05) is 0 Å². The molecule has 3 atom stereocenters. The lowest BCUT2D eigenvalue weighted by Gasteiger charge is -2.45. The van der Waals surface area contributed by atoms with Gasteiger partial charge in [0.1, 0.15) is 6.07 Å². The predicted molar refractivity (Wildman–Crippen MR) is 134 cm³/mol. The van der Waals surface area contributed by atoms with Crippen LogP contribution in [0.15, 0.2) is 70.8 Å². The van der Waals surface area contributed by atoms with Gasteiger partial charge in [0.2, 0.25) is 0 Å². The molecule has 4 aromatic rings. The molecule has 178 valence electrons. The standard InChI is InChI=1S/C29H25N5O2/c1-17-24-14-13-23-25(28-31-18(2)33-36-28)32-34(27(23)29(24,3)15-21(16-30)26(17)35)22-11-9-20(10-12-22)19-7-5-4-6-8-19/h4-12,15,17,24H,13-14H2,1-3H3/t17-,24-,29-/m1/s1. The van der Waals surface area contributed by atoms with Crippen LogP contribution in [0.3, 0.4) is 0 Å². The zero-order valence-electron chi connectivity index (χ0n) is 20.4. The van der Waals surface area contributed by atoms with Crippen LogP contribution in [0.2, 0.25) is 0 Å². The summed E-state index contributed by atoms with van der Waals surface area (Å²) in [7, 11) is 0. The zero-order valence-corrected chi connectivity index (χ0v) is 20.4. The van der Waals surface area contributed by atoms with Gasteiger partial charge in [-0.15, -0.1) is 0 Å². The monoisotopic (exact) mass is 475 g/mol. The number of nitriles is 1. The third kappa shape index (κ3) is 3.25. The molecule has 0 bridgehead atoms. The van der Waals surface area contributed by atoms with Crippen LogP contribution >= 0.6 is 0 Å². The number of fused-ring (bicyclic) bond motifs is 3. The molecule has 0 aliphatic heterocycles. The molecule has 0 N–H and O–H groups in total. The average molecular weight is 476 g/mol. The quantitative estimate of drug-likeness (QED) is 0.394. The van der Waals surface area contributed by atoms with E-state index in [1.807, 2.05) is 35.9 Å². The average Bonchev–Trinajstić information content (AvgIpc) is 3.51. The highest BCUT2D eigenvalue weighted by Crippen LogP contribution is 2.52. The van der Waals surface area contributed by atoms with Crippen LogP contribution in [-0.4, -0.2) is 25.7 Å². The van der Waals surface area contributed by atoms with E-state index in [1.54, 1.807) is 6.92 Å². The summed E-state index contributed by atoms with van der Waals surface area (Å²) in [6.07, 6.45) is 3.41. The van der Waals surface area contributed by atoms with Crippen molar-refractivity contribution in [1.29, 1.82) is 5.26 Å². The van der Waals surface area contributed by atoms with Crippen molar-refractivity contribution in [3.8, 4) is 34.5 Å². The van der Waals surface area contributed by atoms with Crippen molar-refractivity contribution in [3.63, 3.8) is 0 Å². The number of aromatic nitrogens is 4. The van der Waals surface area contributed by atoms with Gasteiger partial charge in [-0.25, -0.2) is 4.68 Å². The Morgan fingerprint density at radius 1 is 1.11 bits per heavy atom. The normalized spacial score (nSPS) is 22.9. The Labute approximate surface area is 209 Å². The van der Waals surface area contributed by atoms with Gasteiger partial charge in [0, 0.05) is 16.9 Å². The summed E-state index contributed by atoms with van der Waals surface area (Å²) in [6.45, 7) is 5.85. The van der Waals surface area contributed by atoms with Crippen LogP contribution in [0.4, 0.5) is 0 Å². The van der Waals surface area contributed by atoms with Gasteiger partial charge in [-0.3, -0.25) is 4.79 Å². The first-order valence-electron chi connectivity index (χ1n) is 12.2. The van der Waals surface area contributed by atoms with E-state index in [4.69, 9.17) is 9.62 Å². The number of benzene rings is 2. The highest BCUT2D eigenvalue weighted by molar-refractivity contribution is 6.02. The first kappa shape index (κ1) is 22.2. The van der Waals surface area contributed by atoms with Gasteiger partial charge in [-0.1, -0.05) is 67.5 Å². The fraction of sp³-hybridized carbons (Fsp3) is 0.276. The highest BCUT2D eigenvalue weighted by atomic mass is 16.5. The number of hydrogen-bond donors (Lipinski definition) is 0. The summed E-state index contributed by atoms with van der Waals surface area (Å²) >= 11 is 0. The second-order valence-electron chi connectivity index (χ2n) is 9.90. The SMILES string of the molecule is Cc1noc(-c2nn(-c3ccc(-c4ccccc4)cc3)c3c2CC[C@@H]2[C@@H](C)C(=O)C(C#N)=C[C@@]32C)n1. The Morgan fingerprint density at radius 2 is 1.83 bits per heavy atom. The molecule has 0 unspecified atom stereocenters. The van der Waals surface area contributed by atoms with E-state index in [9.17, 15) is 10.1 Å². The van der Waals surface area contributed by atoms with Gasteiger partial charge in [0.25, 0.3) is 5.89 Å². The molecule has 2 heterocycles. The second-order valence-corrected chi connectivity index (χ2v) is 9.90. The Hall–Kier alpha value is -4.31. The van der Waals surface area contributed by atoms with Gasteiger partial charge in [0.15, 0.2) is 17.3 Å². The van der Waals surface area contributed by atoms with Crippen molar-refractivity contribution in [1.82, 2.24) is 19.9 Å². The second kappa shape index (κ2) is 8.13. The van der Waals surface area contributed by atoms with E-state index in [-0.39, 0.29) is 23.2 Å². The number of carbonyl (C=O) groups is 1. The van der Waals surface area contributed by atoms with Crippen LogP contribution in [0.5, 0.6) is 0 Å². The minimum Gasteiger partial charge on any atom is -0.332 e. The molecule has 36 heavy (non-hydrogen) atoms. The lowest BCUT2D eigenvalue weighted by molar-refractivity contribution is -0.121. The molecular formula is C29H25N5O2. The molecule has 0 saturated carbocycles. The number of hydrogen-bond acceptors (Lipinski definition) is 6. The maximum absolute atomic E-state index is 12.9. The first-order valence-corrected chi connectivity index (χ1v) is 12.2. The van der Waals surface area contributed by atoms with E-state index in [0.29, 0.717) is 17.4 Å². The summed E-state index contributed by atoms with van der Waals surface area (Å²) in [4.78, 5) is 17.3.